The molecule has 0 radical (unpaired) electrons. The van der Waals surface area contributed by atoms with Gasteiger partial charge >= 0.3 is 0 Å². The van der Waals surface area contributed by atoms with E-state index in [1.807, 2.05) is 13.1 Å². The lowest BCUT2D eigenvalue weighted by Crippen LogP contribution is -2.08. The second-order valence-electron chi connectivity index (χ2n) is 3.42. The molecule has 2 nitrogen and oxygen atoms in total. The lowest BCUT2D eigenvalue weighted by molar-refractivity contribution is -0.366. The fourth-order valence-electron chi connectivity index (χ4n) is 1.45. The maximum Gasteiger partial charge on any atom is 0.232 e. The van der Waals surface area contributed by atoms with Crippen LogP contribution < -0.4 is 4.98 Å². The van der Waals surface area contributed by atoms with Crippen LogP contribution in [0, 0.1) is 13.8 Å². The Morgan fingerprint density at radius 1 is 1.07 bits per heavy atom. The molecule has 1 N–H and O–H groups in total. The summed E-state index contributed by atoms with van der Waals surface area (Å²) in [5.74, 6) is 0. The summed E-state index contributed by atoms with van der Waals surface area (Å²) in [6, 6.07) is 8.43. The molecule has 0 atom stereocenters. The molecule has 2 rings (SSSR count). The van der Waals surface area contributed by atoms with Gasteiger partial charge in [-0.1, -0.05) is 17.7 Å². The summed E-state index contributed by atoms with van der Waals surface area (Å²) in [6.45, 7) is 4.09. The maximum absolute atomic E-state index is 4.25. The summed E-state index contributed by atoms with van der Waals surface area (Å²) < 4.78 is 0. The number of nitrogens with zero attached hydrogens (tertiary/aromatic N) is 1. The number of aromatic amines is 1. The van der Waals surface area contributed by atoms with E-state index in [9.17, 15) is 0 Å². The highest BCUT2D eigenvalue weighted by Crippen LogP contribution is 2.16. The maximum atomic E-state index is 4.25. The predicted octanol–water partition coefficient (Wildman–Crippen LogP) is 2.18. The third kappa shape index (κ3) is 1.64. The minimum atomic E-state index is 1.02. The van der Waals surface area contributed by atoms with E-state index in [2.05, 4.69) is 41.2 Å². The van der Waals surface area contributed by atoms with Gasteiger partial charge in [0.05, 0.1) is 6.20 Å². The van der Waals surface area contributed by atoms with Crippen LogP contribution in [0.2, 0.25) is 0 Å². The molecule has 1 aromatic carbocycles. The molecule has 0 saturated heterocycles. The number of aromatic nitrogens is 2. The molecule has 1 aromatic heterocycles. The molecule has 0 spiro atoms. The van der Waals surface area contributed by atoms with Gasteiger partial charge in [0, 0.05) is 5.56 Å². The summed E-state index contributed by atoms with van der Waals surface area (Å²) >= 11 is 0. The molecule has 70 valence electrons. The predicted molar refractivity (Wildman–Crippen MR) is 55.7 cm³/mol. The van der Waals surface area contributed by atoms with E-state index in [0.29, 0.717) is 0 Å². The number of aryl methyl sites for hydroxylation is 2. The van der Waals surface area contributed by atoms with Crippen LogP contribution in [-0.4, -0.2) is 4.98 Å². The van der Waals surface area contributed by atoms with Gasteiger partial charge in [0.1, 0.15) is 5.69 Å². The molecule has 0 aliphatic rings. The Labute approximate surface area is 83.7 Å². The van der Waals surface area contributed by atoms with Crippen molar-refractivity contribution < 1.29 is 4.98 Å². The standard InChI is InChI=1S/C12H12N2/c1-9-3-5-11(6-4-9)12-10(2)13-7-8-14-12/h3-8H,1-2H3/p+1. The van der Waals surface area contributed by atoms with Crippen molar-refractivity contribution in [3.05, 3.63) is 47.9 Å². The van der Waals surface area contributed by atoms with Crippen molar-refractivity contribution in [3.8, 4) is 11.3 Å². The van der Waals surface area contributed by atoms with Gasteiger partial charge in [0.25, 0.3) is 0 Å². The van der Waals surface area contributed by atoms with E-state index in [1.54, 1.807) is 6.20 Å². The molecule has 0 bridgehead atoms. The number of hydrogen-bond acceptors (Lipinski definition) is 1. The number of nitrogens with one attached hydrogen (secondary N) is 1. The van der Waals surface area contributed by atoms with Gasteiger partial charge in [-0.2, -0.15) is 0 Å². The van der Waals surface area contributed by atoms with Crippen LogP contribution >= 0.6 is 0 Å². The Hall–Kier alpha value is -1.70. The Balaban J connectivity index is 2.50. The first kappa shape index (κ1) is 8.88. The molecule has 0 saturated carbocycles. The molecule has 0 aliphatic carbocycles. The molecule has 2 aromatic rings. The van der Waals surface area contributed by atoms with Crippen molar-refractivity contribution in [1.29, 1.82) is 0 Å². The van der Waals surface area contributed by atoms with Crippen molar-refractivity contribution in [2.75, 3.05) is 0 Å². The zero-order valence-electron chi connectivity index (χ0n) is 8.41. The number of benzene rings is 1. The van der Waals surface area contributed by atoms with Crippen molar-refractivity contribution in [3.63, 3.8) is 0 Å². The molecule has 2 heteroatoms. The van der Waals surface area contributed by atoms with Crippen LogP contribution in [0.3, 0.4) is 0 Å². The lowest BCUT2D eigenvalue weighted by atomic mass is 10.1. The molecule has 0 aliphatic heterocycles. The number of hydrogen-bond donors (Lipinski definition) is 0. The smallest absolute Gasteiger partial charge is 0.232 e. The SMILES string of the molecule is Cc1ccc(-c2[nH+]ccnc2C)cc1. The second kappa shape index (κ2) is 3.58. The number of H-pyrrole nitrogens is 1. The van der Waals surface area contributed by atoms with Crippen molar-refractivity contribution in [2.24, 2.45) is 0 Å². The van der Waals surface area contributed by atoms with Crippen LogP contribution in [0.25, 0.3) is 11.3 Å². The van der Waals surface area contributed by atoms with Gasteiger partial charge in [-0.3, -0.25) is 0 Å². The first-order chi connectivity index (χ1) is 6.77. The Bertz CT molecular complexity index is 432. The van der Waals surface area contributed by atoms with Crippen LogP contribution in [0.1, 0.15) is 11.3 Å². The van der Waals surface area contributed by atoms with Gasteiger partial charge < -0.3 is 0 Å². The van der Waals surface area contributed by atoms with Gasteiger partial charge in [0.2, 0.25) is 5.69 Å². The van der Waals surface area contributed by atoms with E-state index >= 15 is 0 Å². The monoisotopic (exact) mass is 185 g/mol. The summed E-state index contributed by atoms with van der Waals surface area (Å²) in [7, 11) is 0. The second-order valence-corrected chi connectivity index (χ2v) is 3.42. The molecule has 0 amide bonds. The summed E-state index contributed by atoms with van der Waals surface area (Å²) in [5.41, 5.74) is 4.57. The topological polar surface area (TPSA) is 27.0 Å². The van der Waals surface area contributed by atoms with E-state index < -0.39 is 0 Å². The van der Waals surface area contributed by atoms with E-state index in [1.165, 1.54) is 11.1 Å². The van der Waals surface area contributed by atoms with Crippen molar-refractivity contribution in [1.82, 2.24) is 4.98 Å². The summed E-state index contributed by atoms with van der Waals surface area (Å²) in [4.78, 5) is 7.46. The summed E-state index contributed by atoms with van der Waals surface area (Å²) in [5, 5.41) is 0. The van der Waals surface area contributed by atoms with E-state index in [4.69, 9.17) is 0 Å². The third-order valence-corrected chi connectivity index (χ3v) is 2.27. The molecular weight excluding hydrogens is 172 g/mol. The quantitative estimate of drug-likeness (QED) is 0.669. The van der Waals surface area contributed by atoms with Crippen LogP contribution in [0.5, 0.6) is 0 Å². The molecular formula is C12H13N2+. The van der Waals surface area contributed by atoms with Gasteiger partial charge in [-0.15, -0.1) is 0 Å². The normalized spacial score (nSPS) is 10.1. The van der Waals surface area contributed by atoms with Crippen LogP contribution in [0.4, 0.5) is 0 Å². The van der Waals surface area contributed by atoms with E-state index in [0.717, 1.165) is 11.4 Å². The Kier molecular flexibility index (Phi) is 2.27. The summed E-state index contributed by atoms with van der Waals surface area (Å²) in [6.07, 6.45) is 3.62. The fraction of sp³-hybridized carbons (Fsp3) is 0.167. The van der Waals surface area contributed by atoms with Crippen molar-refractivity contribution in [2.45, 2.75) is 13.8 Å². The molecule has 0 unspecified atom stereocenters. The van der Waals surface area contributed by atoms with Crippen LogP contribution in [-0.2, 0) is 0 Å². The minimum absolute atomic E-state index is 1.02. The molecule has 1 heterocycles. The third-order valence-electron chi connectivity index (χ3n) is 2.27. The fourth-order valence-corrected chi connectivity index (χ4v) is 1.45. The Morgan fingerprint density at radius 2 is 1.79 bits per heavy atom. The Morgan fingerprint density at radius 3 is 2.43 bits per heavy atom. The molecule has 14 heavy (non-hydrogen) atoms. The zero-order chi connectivity index (χ0) is 9.97. The highest BCUT2D eigenvalue weighted by molar-refractivity contribution is 5.58. The average Bonchev–Trinajstić information content (AvgIpc) is 2.20. The largest absolute Gasteiger partial charge is 0.248 e. The average molecular weight is 185 g/mol. The molecule has 0 fully saturated rings. The van der Waals surface area contributed by atoms with Crippen LogP contribution in [0.15, 0.2) is 36.7 Å². The first-order valence-corrected chi connectivity index (χ1v) is 4.68. The first-order valence-electron chi connectivity index (χ1n) is 4.68. The highest BCUT2D eigenvalue weighted by atomic mass is 14.8. The lowest BCUT2D eigenvalue weighted by Gasteiger charge is -1.98. The number of rotatable bonds is 1. The van der Waals surface area contributed by atoms with Gasteiger partial charge in [0.15, 0.2) is 6.20 Å². The highest BCUT2D eigenvalue weighted by Gasteiger charge is 2.08. The van der Waals surface area contributed by atoms with Gasteiger partial charge in [-0.05, 0) is 26.0 Å². The zero-order valence-corrected chi connectivity index (χ0v) is 8.41. The van der Waals surface area contributed by atoms with Gasteiger partial charge in [-0.25, -0.2) is 9.97 Å². The van der Waals surface area contributed by atoms with E-state index in [-0.39, 0.29) is 0 Å². The minimum Gasteiger partial charge on any atom is -0.248 e. The van der Waals surface area contributed by atoms with Crippen molar-refractivity contribution >= 4 is 0 Å².